The average molecular weight is 161 g/mol. The topological polar surface area (TPSA) is 33.1 Å². The fourth-order valence-electron chi connectivity index (χ4n) is 1.50. The molecule has 62 valence electrons. The van der Waals surface area contributed by atoms with E-state index in [9.17, 15) is 0 Å². The lowest BCUT2D eigenvalue weighted by atomic mass is 9.90. The molecule has 1 aliphatic carbocycles. The standard InChI is InChI=1S/C10H11NO/c1-7-9(6-12)4-8-2-3-11-10(7)5-8/h2-5,7,12H,6H2,1H3. The Hall–Kier alpha value is -1.15. The average Bonchev–Trinajstić information content (AvgIpc) is 2.12. The van der Waals surface area contributed by atoms with E-state index in [0.717, 1.165) is 16.8 Å². The normalized spacial score (nSPS) is 20.5. The summed E-state index contributed by atoms with van der Waals surface area (Å²) in [6.07, 6.45) is 3.84. The fraction of sp³-hybridized carbons (Fsp3) is 0.300. The van der Waals surface area contributed by atoms with E-state index >= 15 is 0 Å². The van der Waals surface area contributed by atoms with E-state index in [-0.39, 0.29) is 12.5 Å². The van der Waals surface area contributed by atoms with E-state index in [1.54, 1.807) is 0 Å². The minimum Gasteiger partial charge on any atom is -0.392 e. The summed E-state index contributed by atoms with van der Waals surface area (Å²) in [6, 6.07) is 4.01. The summed E-state index contributed by atoms with van der Waals surface area (Å²) in [5, 5.41) is 9.04. The molecule has 12 heavy (non-hydrogen) atoms. The van der Waals surface area contributed by atoms with Crippen LogP contribution in [0.2, 0.25) is 0 Å². The molecule has 1 N–H and O–H groups in total. The van der Waals surface area contributed by atoms with Crippen LogP contribution in [-0.2, 0) is 0 Å². The van der Waals surface area contributed by atoms with E-state index < -0.39 is 0 Å². The summed E-state index contributed by atoms with van der Waals surface area (Å²) in [5.41, 5.74) is 3.25. The van der Waals surface area contributed by atoms with Crippen LogP contribution in [0.1, 0.15) is 24.1 Å². The van der Waals surface area contributed by atoms with Gasteiger partial charge in [-0.3, -0.25) is 4.98 Å². The molecule has 1 aromatic rings. The van der Waals surface area contributed by atoms with Crippen molar-refractivity contribution in [3.63, 3.8) is 0 Å². The monoisotopic (exact) mass is 161 g/mol. The first-order chi connectivity index (χ1) is 5.81. The van der Waals surface area contributed by atoms with Gasteiger partial charge >= 0.3 is 0 Å². The predicted octanol–water partition coefficient (Wildman–Crippen LogP) is 1.57. The minimum absolute atomic E-state index is 0.130. The molecular weight excluding hydrogens is 150 g/mol. The van der Waals surface area contributed by atoms with Crippen molar-refractivity contribution in [2.75, 3.05) is 6.61 Å². The number of nitrogens with zero attached hydrogens (tertiary/aromatic N) is 1. The Morgan fingerprint density at radius 2 is 2.42 bits per heavy atom. The van der Waals surface area contributed by atoms with Crippen molar-refractivity contribution in [3.8, 4) is 0 Å². The molecule has 1 atom stereocenters. The van der Waals surface area contributed by atoms with Crippen LogP contribution in [0.15, 0.2) is 23.9 Å². The summed E-state index contributed by atoms with van der Waals surface area (Å²) >= 11 is 0. The molecule has 0 saturated carbocycles. The lowest BCUT2D eigenvalue weighted by Crippen LogP contribution is -2.08. The number of aliphatic hydroxyl groups is 1. The van der Waals surface area contributed by atoms with Gasteiger partial charge in [0, 0.05) is 17.8 Å². The maximum atomic E-state index is 9.04. The van der Waals surface area contributed by atoms with Crippen LogP contribution < -0.4 is 0 Å². The third-order valence-corrected chi connectivity index (χ3v) is 2.34. The van der Waals surface area contributed by atoms with Gasteiger partial charge in [-0.1, -0.05) is 13.0 Å². The summed E-state index contributed by atoms with van der Waals surface area (Å²) in [7, 11) is 0. The molecule has 0 radical (unpaired) electrons. The molecule has 0 aromatic carbocycles. The Morgan fingerprint density at radius 3 is 3.17 bits per heavy atom. The molecule has 1 aliphatic rings. The van der Waals surface area contributed by atoms with E-state index in [2.05, 4.69) is 18.0 Å². The van der Waals surface area contributed by atoms with E-state index in [4.69, 9.17) is 5.11 Å². The van der Waals surface area contributed by atoms with Crippen LogP contribution in [0.5, 0.6) is 0 Å². The Morgan fingerprint density at radius 1 is 1.58 bits per heavy atom. The predicted molar refractivity (Wildman–Crippen MR) is 47.7 cm³/mol. The van der Waals surface area contributed by atoms with Crippen LogP contribution in [0, 0.1) is 0 Å². The Bertz CT molecular complexity index is 330. The molecule has 2 rings (SSSR count). The van der Waals surface area contributed by atoms with Gasteiger partial charge in [-0.15, -0.1) is 0 Å². The highest BCUT2D eigenvalue weighted by Crippen LogP contribution is 2.28. The summed E-state index contributed by atoms with van der Waals surface area (Å²) in [4.78, 5) is 4.24. The van der Waals surface area contributed by atoms with Crippen LogP contribution in [-0.4, -0.2) is 16.7 Å². The third-order valence-electron chi connectivity index (χ3n) is 2.34. The first-order valence-corrected chi connectivity index (χ1v) is 4.08. The first-order valence-electron chi connectivity index (χ1n) is 4.08. The van der Waals surface area contributed by atoms with E-state index in [1.165, 1.54) is 0 Å². The Balaban J connectivity index is 2.50. The smallest absolute Gasteiger partial charge is 0.0651 e. The second-order valence-electron chi connectivity index (χ2n) is 3.11. The number of pyridine rings is 1. The Kier molecular flexibility index (Phi) is 1.70. The fourth-order valence-corrected chi connectivity index (χ4v) is 1.50. The second-order valence-corrected chi connectivity index (χ2v) is 3.11. The van der Waals surface area contributed by atoms with Crippen molar-refractivity contribution >= 4 is 6.08 Å². The summed E-state index contributed by atoms with van der Waals surface area (Å²) in [5.74, 6) is 0.267. The van der Waals surface area contributed by atoms with Gasteiger partial charge in [0.2, 0.25) is 0 Å². The molecule has 1 aromatic heterocycles. The van der Waals surface area contributed by atoms with Gasteiger partial charge in [0.25, 0.3) is 0 Å². The molecule has 1 unspecified atom stereocenters. The van der Waals surface area contributed by atoms with E-state index in [1.807, 2.05) is 18.3 Å². The lowest BCUT2D eigenvalue weighted by Gasteiger charge is -2.18. The first kappa shape index (κ1) is 7.50. The molecular formula is C10H11NO. The van der Waals surface area contributed by atoms with Gasteiger partial charge < -0.3 is 5.11 Å². The molecule has 0 spiro atoms. The van der Waals surface area contributed by atoms with Gasteiger partial charge in [-0.05, 0) is 23.3 Å². The van der Waals surface area contributed by atoms with Gasteiger partial charge in [0.15, 0.2) is 0 Å². The highest BCUT2D eigenvalue weighted by Gasteiger charge is 2.16. The summed E-state index contributed by atoms with van der Waals surface area (Å²) in [6.45, 7) is 2.19. The maximum absolute atomic E-state index is 9.04. The molecule has 0 aliphatic heterocycles. The zero-order valence-electron chi connectivity index (χ0n) is 6.99. The number of hydrogen-bond acceptors (Lipinski definition) is 2. The molecule has 2 bridgehead atoms. The van der Waals surface area contributed by atoms with Crippen molar-refractivity contribution < 1.29 is 5.11 Å². The van der Waals surface area contributed by atoms with Crippen molar-refractivity contribution in [1.82, 2.24) is 4.98 Å². The number of fused-ring (bicyclic) bond motifs is 2. The number of aromatic nitrogens is 1. The number of aliphatic hydroxyl groups excluding tert-OH is 1. The van der Waals surface area contributed by atoms with Crippen LogP contribution >= 0.6 is 0 Å². The van der Waals surface area contributed by atoms with Crippen LogP contribution in [0.4, 0.5) is 0 Å². The minimum atomic E-state index is 0.130. The number of rotatable bonds is 1. The molecule has 2 nitrogen and oxygen atoms in total. The molecule has 2 heteroatoms. The third kappa shape index (κ3) is 1.04. The molecule has 1 heterocycles. The van der Waals surface area contributed by atoms with Gasteiger partial charge in [0.1, 0.15) is 0 Å². The Labute approximate surface area is 71.6 Å². The van der Waals surface area contributed by atoms with Crippen molar-refractivity contribution in [2.45, 2.75) is 12.8 Å². The van der Waals surface area contributed by atoms with E-state index in [0.29, 0.717) is 0 Å². The molecule has 0 fully saturated rings. The van der Waals surface area contributed by atoms with Crippen molar-refractivity contribution in [3.05, 3.63) is 35.2 Å². The quantitative estimate of drug-likeness (QED) is 0.678. The maximum Gasteiger partial charge on any atom is 0.0651 e. The number of hydrogen-bond donors (Lipinski definition) is 1. The van der Waals surface area contributed by atoms with Gasteiger partial charge in [-0.2, -0.15) is 0 Å². The molecule has 0 amide bonds. The van der Waals surface area contributed by atoms with Crippen LogP contribution in [0.25, 0.3) is 6.08 Å². The van der Waals surface area contributed by atoms with Crippen LogP contribution in [0.3, 0.4) is 0 Å². The zero-order valence-corrected chi connectivity index (χ0v) is 6.99. The summed E-state index contributed by atoms with van der Waals surface area (Å²) < 4.78 is 0. The molecule has 0 saturated heterocycles. The largest absolute Gasteiger partial charge is 0.392 e. The van der Waals surface area contributed by atoms with Crippen molar-refractivity contribution in [2.24, 2.45) is 0 Å². The highest BCUT2D eigenvalue weighted by atomic mass is 16.3. The SMILES string of the molecule is CC1C(CO)=Cc2ccnc1c2. The zero-order chi connectivity index (χ0) is 8.55. The van der Waals surface area contributed by atoms with Gasteiger partial charge in [0.05, 0.1) is 6.61 Å². The lowest BCUT2D eigenvalue weighted by molar-refractivity contribution is 0.324. The highest BCUT2D eigenvalue weighted by molar-refractivity contribution is 5.59. The van der Waals surface area contributed by atoms with Crippen molar-refractivity contribution in [1.29, 1.82) is 0 Å². The van der Waals surface area contributed by atoms with Gasteiger partial charge in [-0.25, -0.2) is 0 Å². The second kappa shape index (κ2) is 2.72.